The fourth-order valence-electron chi connectivity index (χ4n) is 2.87. The van der Waals surface area contributed by atoms with E-state index in [-0.39, 0.29) is 17.9 Å². The molecule has 0 aliphatic carbocycles. The molecule has 1 N–H and O–H groups in total. The van der Waals surface area contributed by atoms with E-state index in [4.69, 9.17) is 4.74 Å². The zero-order valence-electron chi connectivity index (χ0n) is 15.3. The molecular weight excluding hydrogens is 362 g/mol. The van der Waals surface area contributed by atoms with Crippen molar-refractivity contribution in [3.63, 3.8) is 0 Å². The Bertz CT molecular complexity index is 1090. The average molecular weight is 381 g/mol. The van der Waals surface area contributed by atoms with Crippen molar-refractivity contribution in [1.82, 2.24) is 4.57 Å². The Morgan fingerprint density at radius 2 is 1.96 bits per heavy atom. The molecule has 8 nitrogen and oxygen atoms in total. The van der Waals surface area contributed by atoms with Crippen molar-refractivity contribution in [1.29, 1.82) is 0 Å². The normalized spacial score (nSPS) is 10.6. The van der Waals surface area contributed by atoms with Crippen LogP contribution in [0.2, 0.25) is 0 Å². The third kappa shape index (κ3) is 4.17. The number of nitro benzene ring substituents is 1. The molecule has 3 rings (SSSR count). The summed E-state index contributed by atoms with van der Waals surface area (Å²) in [5.41, 5.74) is 0.0881. The number of non-ortho nitro benzene ring substituents is 1. The van der Waals surface area contributed by atoms with E-state index in [2.05, 4.69) is 5.32 Å². The summed E-state index contributed by atoms with van der Waals surface area (Å²) in [6.07, 6.45) is 2.56. The van der Waals surface area contributed by atoms with E-state index >= 15 is 0 Å². The quantitative estimate of drug-likeness (QED) is 0.499. The van der Waals surface area contributed by atoms with Crippen molar-refractivity contribution in [3.05, 3.63) is 75.2 Å². The van der Waals surface area contributed by atoms with Gasteiger partial charge in [0.25, 0.3) is 17.2 Å². The maximum atomic E-state index is 12.5. The van der Waals surface area contributed by atoms with Gasteiger partial charge in [0.05, 0.1) is 10.3 Å². The first-order chi connectivity index (χ1) is 13.5. The summed E-state index contributed by atoms with van der Waals surface area (Å²) in [4.78, 5) is 34.9. The molecular formula is C20H19N3O5. The predicted molar refractivity (Wildman–Crippen MR) is 106 cm³/mol. The predicted octanol–water partition coefficient (Wildman–Crippen LogP) is 3.34. The van der Waals surface area contributed by atoms with Crippen molar-refractivity contribution in [3.8, 4) is 5.75 Å². The number of aryl methyl sites for hydroxylation is 1. The first-order valence-electron chi connectivity index (χ1n) is 8.79. The van der Waals surface area contributed by atoms with Crippen LogP contribution in [0.25, 0.3) is 10.8 Å². The Labute approximate surface area is 160 Å². The van der Waals surface area contributed by atoms with Crippen LogP contribution in [0.15, 0.2) is 59.5 Å². The number of amides is 1. The number of nitro groups is 1. The van der Waals surface area contributed by atoms with Gasteiger partial charge >= 0.3 is 0 Å². The van der Waals surface area contributed by atoms with Gasteiger partial charge in [-0.25, -0.2) is 0 Å². The van der Waals surface area contributed by atoms with Crippen LogP contribution in [0.4, 0.5) is 11.4 Å². The van der Waals surface area contributed by atoms with Gasteiger partial charge in [-0.1, -0.05) is 19.1 Å². The molecule has 0 saturated heterocycles. The van der Waals surface area contributed by atoms with Gasteiger partial charge in [-0.05, 0) is 30.7 Å². The molecule has 2 aromatic carbocycles. The summed E-state index contributed by atoms with van der Waals surface area (Å²) in [6, 6.07) is 12.6. The Morgan fingerprint density at radius 1 is 1.18 bits per heavy atom. The highest BCUT2D eigenvalue weighted by Crippen LogP contribution is 2.23. The molecule has 1 amide bonds. The number of ether oxygens (including phenoxy) is 1. The van der Waals surface area contributed by atoms with Gasteiger partial charge in [0, 0.05) is 35.9 Å². The van der Waals surface area contributed by atoms with Crippen LogP contribution in [-0.2, 0) is 11.3 Å². The second kappa shape index (κ2) is 8.34. The minimum absolute atomic E-state index is 0.106. The molecule has 144 valence electrons. The Hall–Kier alpha value is -3.68. The topological polar surface area (TPSA) is 103 Å². The molecule has 0 radical (unpaired) electrons. The van der Waals surface area contributed by atoms with Crippen molar-refractivity contribution in [2.24, 2.45) is 0 Å². The summed E-state index contributed by atoms with van der Waals surface area (Å²) in [6.45, 7) is 2.33. The van der Waals surface area contributed by atoms with Crippen LogP contribution in [0.3, 0.4) is 0 Å². The van der Waals surface area contributed by atoms with Crippen molar-refractivity contribution in [2.45, 2.75) is 19.9 Å². The van der Waals surface area contributed by atoms with Crippen LogP contribution in [0, 0.1) is 10.1 Å². The van der Waals surface area contributed by atoms with Gasteiger partial charge in [-0.3, -0.25) is 19.7 Å². The molecule has 0 spiro atoms. The third-order valence-corrected chi connectivity index (χ3v) is 4.14. The zero-order valence-corrected chi connectivity index (χ0v) is 15.3. The van der Waals surface area contributed by atoms with E-state index in [0.717, 1.165) is 6.42 Å². The largest absolute Gasteiger partial charge is 0.483 e. The second-order valence-corrected chi connectivity index (χ2v) is 6.18. The van der Waals surface area contributed by atoms with Crippen molar-refractivity contribution in [2.75, 3.05) is 11.9 Å². The average Bonchev–Trinajstić information content (AvgIpc) is 2.69. The van der Waals surface area contributed by atoms with E-state index in [0.29, 0.717) is 28.8 Å². The van der Waals surface area contributed by atoms with Gasteiger partial charge < -0.3 is 14.6 Å². The molecule has 0 bridgehead atoms. The maximum absolute atomic E-state index is 12.5. The number of hydrogen-bond donors (Lipinski definition) is 1. The van der Waals surface area contributed by atoms with Gasteiger partial charge in [-0.2, -0.15) is 0 Å². The summed E-state index contributed by atoms with van der Waals surface area (Å²) in [5.74, 6) is -0.0377. The smallest absolute Gasteiger partial charge is 0.271 e. The lowest BCUT2D eigenvalue weighted by molar-refractivity contribution is -0.384. The first kappa shape index (κ1) is 19.1. The van der Waals surface area contributed by atoms with E-state index in [1.165, 1.54) is 18.2 Å². The number of rotatable bonds is 7. The maximum Gasteiger partial charge on any atom is 0.271 e. The molecule has 1 heterocycles. The third-order valence-electron chi connectivity index (χ3n) is 4.14. The highest BCUT2D eigenvalue weighted by Gasteiger charge is 2.11. The van der Waals surface area contributed by atoms with Gasteiger partial charge in [0.2, 0.25) is 0 Å². The number of nitrogens with one attached hydrogen (secondary N) is 1. The van der Waals surface area contributed by atoms with Crippen molar-refractivity contribution >= 4 is 28.1 Å². The molecule has 0 aliphatic rings. The van der Waals surface area contributed by atoms with E-state index in [1.807, 2.05) is 6.92 Å². The lowest BCUT2D eigenvalue weighted by Gasteiger charge is -2.11. The van der Waals surface area contributed by atoms with Crippen LogP contribution in [0.5, 0.6) is 5.75 Å². The number of aromatic nitrogens is 1. The first-order valence-corrected chi connectivity index (χ1v) is 8.79. The summed E-state index contributed by atoms with van der Waals surface area (Å²) >= 11 is 0. The monoisotopic (exact) mass is 381 g/mol. The fourth-order valence-corrected chi connectivity index (χ4v) is 2.87. The molecule has 8 heteroatoms. The molecule has 0 aliphatic heterocycles. The molecule has 28 heavy (non-hydrogen) atoms. The number of fused-ring (bicyclic) bond motifs is 1. The number of hydrogen-bond acceptors (Lipinski definition) is 5. The Morgan fingerprint density at radius 3 is 2.71 bits per heavy atom. The standard InChI is InChI=1S/C20H19N3O5/c1-2-10-22-11-9-16-17(20(22)25)7-4-8-18(16)28-13-19(24)21-14-5-3-6-15(12-14)23(26)27/h3-9,11-12H,2,10,13H2,1H3,(H,21,24). The number of pyridine rings is 1. The molecule has 0 saturated carbocycles. The summed E-state index contributed by atoms with van der Waals surface area (Å²) < 4.78 is 7.23. The van der Waals surface area contributed by atoms with Crippen LogP contribution >= 0.6 is 0 Å². The second-order valence-electron chi connectivity index (χ2n) is 6.18. The molecule has 3 aromatic rings. The van der Waals surface area contributed by atoms with Crippen molar-refractivity contribution < 1.29 is 14.5 Å². The number of carbonyl (C=O) groups excluding carboxylic acids is 1. The van der Waals surface area contributed by atoms with E-state index in [1.54, 1.807) is 41.1 Å². The van der Waals surface area contributed by atoms with Crippen LogP contribution in [-0.4, -0.2) is 22.0 Å². The SMILES string of the molecule is CCCn1ccc2c(OCC(=O)Nc3cccc([N+](=O)[O-])c3)cccc2c1=O. The zero-order chi connectivity index (χ0) is 20.1. The van der Waals surface area contributed by atoms with Crippen LogP contribution < -0.4 is 15.6 Å². The minimum atomic E-state index is -0.534. The van der Waals surface area contributed by atoms with E-state index < -0.39 is 10.8 Å². The highest BCUT2D eigenvalue weighted by molar-refractivity contribution is 5.93. The molecule has 0 unspecified atom stereocenters. The van der Waals surface area contributed by atoms with Crippen LogP contribution in [0.1, 0.15) is 13.3 Å². The van der Waals surface area contributed by atoms with Gasteiger partial charge in [0.1, 0.15) is 5.75 Å². The van der Waals surface area contributed by atoms with Gasteiger partial charge in [0.15, 0.2) is 6.61 Å². The fraction of sp³-hybridized carbons (Fsp3) is 0.200. The number of nitrogens with zero attached hydrogens (tertiary/aromatic N) is 2. The minimum Gasteiger partial charge on any atom is -0.483 e. The van der Waals surface area contributed by atoms with Gasteiger partial charge in [-0.15, -0.1) is 0 Å². The lowest BCUT2D eigenvalue weighted by atomic mass is 10.1. The highest BCUT2D eigenvalue weighted by atomic mass is 16.6. The summed E-state index contributed by atoms with van der Waals surface area (Å²) in [7, 11) is 0. The lowest BCUT2D eigenvalue weighted by Crippen LogP contribution is -2.21. The Balaban J connectivity index is 1.74. The molecule has 0 fully saturated rings. The summed E-state index contributed by atoms with van der Waals surface area (Å²) in [5, 5.41) is 14.5. The number of anilines is 1. The Kier molecular flexibility index (Phi) is 5.69. The van der Waals surface area contributed by atoms with E-state index in [9.17, 15) is 19.7 Å². The molecule has 0 atom stereocenters. The molecule has 1 aromatic heterocycles. The number of benzene rings is 2. The number of carbonyl (C=O) groups is 1.